The largest absolute Gasteiger partial charge is 0.497 e. The zero-order valence-corrected chi connectivity index (χ0v) is 18.3. The van der Waals surface area contributed by atoms with E-state index in [1.54, 1.807) is 37.3 Å². The fourth-order valence-electron chi connectivity index (χ4n) is 3.62. The number of nitrogens with zero attached hydrogens (tertiary/aromatic N) is 4. The van der Waals surface area contributed by atoms with Gasteiger partial charge in [-0.1, -0.05) is 0 Å². The number of Topliss-reactive ketones (excluding diaryl/α,β-unsaturated/α-hetero) is 1. The number of methoxy groups -OCH3 is 4. The van der Waals surface area contributed by atoms with E-state index >= 15 is 0 Å². The fourth-order valence-corrected chi connectivity index (χ4v) is 3.62. The highest BCUT2D eigenvalue weighted by Gasteiger charge is 2.21. The van der Waals surface area contributed by atoms with E-state index in [0.29, 0.717) is 50.9 Å². The number of ether oxygens (including phenoxy) is 4. The molecule has 0 atom stereocenters. The smallest absolute Gasteiger partial charge is 0.351 e. The zero-order chi connectivity index (χ0) is 23.0. The summed E-state index contributed by atoms with van der Waals surface area (Å²) in [6, 6.07) is 8.28. The van der Waals surface area contributed by atoms with Crippen LogP contribution in [0.25, 0.3) is 16.6 Å². The van der Waals surface area contributed by atoms with E-state index in [9.17, 15) is 9.59 Å². The van der Waals surface area contributed by atoms with Gasteiger partial charge in [0.05, 0.1) is 46.1 Å². The Morgan fingerprint density at radius 3 is 2.28 bits per heavy atom. The zero-order valence-electron chi connectivity index (χ0n) is 18.3. The molecule has 2 aromatic carbocycles. The number of aromatic nitrogens is 4. The number of rotatable bonds is 7. The molecule has 0 spiro atoms. The molecule has 0 bridgehead atoms. The maximum Gasteiger partial charge on any atom is 0.351 e. The number of carbonyl (C=O) groups excluding carboxylic acids is 1. The Labute approximate surface area is 182 Å². The lowest BCUT2D eigenvalue weighted by atomic mass is 10.1. The molecule has 0 saturated carbocycles. The summed E-state index contributed by atoms with van der Waals surface area (Å²) in [5, 5.41) is 4.80. The Balaban J connectivity index is 1.96. The summed E-state index contributed by atoms with van der Waals surface area (Å²) in [6.45, 7) is 1.43. The van der Waals surface area contributed by atoms with Crippen LogP contribution in [-0.2, 0) is 6.54 Å². The molecule has 10 nitrogen and oxygen atoms in total. The van der Waals surface area contributed by atoms with Crippen molar-refractivity contribution in [3.8, 4) is 23.0 Å². The molecule has 0 N–H and O–H groups in total. The van der Waals surface area contributed by atoms with Gasteiger partial charge in [-0.25, -0.2) is 9.78 Å². The van der Waals surface area contributed by atoms with Crippen molar-refractivity contribution in [2.75, 3.05) is 28.4 Å². The molecule has 0 unspecified atom stereocenters. The third kappa shape index (κ3) is 3.39. The summed E-state index contributed by atoms with van der Waals surface area (Å²) >= 11 is 0. The standard InChI is InChI=1S/C22H22N4O6/c1-12-23-21-14-9-19(31-4)20(32-5)10-16(14)25(22(28)26(21)24-12)11-17(27)15-8-13(29-2)6-7-18(15)30-3/h6-10H,11H2,1-5H3. The fraction of sp³-hybridized carbons (Fsp3) is 0.273. The highest BCUT2D eigenvalue weighted by Crippen LogP contribution is 2.33. The molecule has 4 aromatic rings. The topological polar surface area (TPSA) is 106 Å². The van der Waals surface area contributed by atoms with Gasteiger partial charge >= 0.3 is 5.69 Å². The van der Waals surface area contributed by atoms with E-state index in [1.165, 1.54) is 37.5 Å². The van der Waals surface area contributed by atoms with Gasteiger partial charge in [0.15, 0.2) is 22.9 Å². The summed E-state index contributed by atoms with van der Waals surface area (Å²) in [4.78, 5) is 31.0. The second-order valence-corrected chi connectivity index (χ2v) is 6.98. The van der Waals surface area contributed by atoms with Crippen LogP contribution in [0.1, 0.15) is 16.2 Å². The van der Waals surface area contributed by atoms with Gasteiger partial charge in [0, 0.05) is 11.5 Å². The lowest BCUT2D eigenvalue weighted by Gasteiger charge is -2.15. The summed E-state index contributed by atoms with van der Waals surface area (Å²) in [6.07, 6.45) is 0. The molecule has 0 fully saturated rings. The molecule has 0 amide bonds. The van der Waals surface area contributed by atoms with Crippen LogP contribution in [0, 0.1) is 6.92 Å². The number of carbonyl (C=O) groups is 1. The van der Waals surface area contributed by atoms with Crippen LogP contribution >= 0.6 is 0 Å². The van der Waals surface area contributed by atoms with Crippen LogP contribution in [0.15, 0.2) is 35.1 Å². The first-order valence-electron chi connectivity index (χ1n) is 9.69. The first kappa shape index (κ1) is 21.2. The highest BCUT2D eigenvalue weighted by molar-refractivity contribution is 6.00. The van der Waals surface area contributed by atoms with Crippen molar-refractivity contribution in [1.29, 1.82) is 0 Å². The van der Waals surface area contributed by atoms with E-state index in [0.717, 1.165) is 0 Å². The predicted molar refractivity (Wildman–Crippen MR) is 116 cm³/mol. The molecular weight excluding hydrogens is 416 g/mol. The minimum absolute atomic E-state index is 0.261. The lowest BCUT2D eigenvalue weighted by Crippen LogP contribution is -2.30. The summed E-state index contributed by atoms with van der Waals surface area (Å²) in [7, 11) is 6.00. The van der Waals surface area contributed by atoms with Crippen molar-refractivity contribution >= 4 is 22.3 Å². The molecule has 10 heteroatoms. The molecule has 4 rings (SSSR count). The molecule has 0 radical (unpaired) electrons. The Bertz CT molecular complexity index is 1410. The Hall–Kier alpha value is -4.08. The molecule has 0 aliphatic carbocycles. The second-order valence-electron chi connectivity index (χ2n) is 6.98. The molecule has 0 saturated heterocycles. The Morgan fingerprint density at radius 2 is 1.62 bits per heavy atom. The maximum absolute atomic E-state index is 13.3. The van der Waals surface area contributed by atoms with E-state index < -0.39 is 5.69 Å². The lowest BCUT2D eigenvalue weighted by molar-refractivity contribution is 0.0968. The van der Waals surface area contributed by atoms with Gasteiger partial charge in [0.25, 0.3) is 0 Å². The number of hydrogen-bond acceptors (Lipinski definition) is 8. The maximum atomic E-state index is 13.3. The van der Waals surface area contributed by atoms with Crippen LogP contribution in [0.5, 0.6) is 23.0 Å². The third-order valence-electron chi connectivity index (χ3n) is 5.17. The quantitative estimate of drug-likeness (QED) is 0.405. The van der Waals surface area contributed by atoms with Gasteiger partial charge in [-0.2, -0.15) is 4.52 Å². The SMILES string of the molecule is COc1ccc(OC)c(C(=O)Cn2c(=O)n3nc(C)nc3c3cc(OC)c(OC)cc32)c1. The van der Waals surface area contributed by atoms with Crippen molar-refractivity contribution in [3.05, 3.63) is 52.2 Å². The molecule has 0 aliphatic rings. The normalized spacial score (nSPS) is 11.0. The van der Waals surface area contributed by atoms with Crippen molar-refractivity contribution < 1.29 is 23.7 Å². The van der Waals surface area contributed by atoms with E-state index in [4.69, 9.17) is 18.9 Å². The van der Waals surface area contributed by atoms with Crippen molar-refractivity contribution in [2.24, 2.45) is 0 Å². The molecular formula is C22H22N4O6. The number of ketones is 1. The van der Waals surface area contributed by atoms with Crippen LogP contribution in [0.2, 0.25) is 0 Å². The first-order chi connectivity index (χ1) is 15.4. The van der Waals surface area contributed by atoms with Crippen LogP contribution in [0.4, 0.5) is 0 Å². The van der Waals surface area contributed by atoms with Gasteiger partial charge in [-0.05, 0) is 31.2 Å². The van der Waals surface area contributed by atoms with E-state index in [2.05, 4.69) is 10.1 Å². The van der Waals surface area contributed by atoms with Crippen LogP contribution in [-0.4, -0.2) is 53.4 Å². The van der Waals surface area contributed by atoms with Gasteiger partial charge in [0.2, 0.25) is 0 Å². The van der Waals surface area contributed by atoms with Gasteiger partial charge in [-0.15, -0.1) is 5.10 Å². The van der Waals surface area contributed by atoms with Crippen LogP contribution < -0.4 is 24.6 Å². The highest BCUT2D eigenvalue weighted by atomic mass is 16.5. The number of benzene rings is 2. The summed E-state index contributed by atoms with van der Waals surface area (Å²) < 4.78 is 23.9. The summed E-state index contributed by atoms with van der Waals surface area (Å²) in [5.74, 6) is 1.85. The van der Waals surface area contributed by atoms with E-state index in [-0.39, 0.29) is 12.3 Å². The number of hydrogen-bond donors (Lipinski definition) is 0. The minimum Gasteiger partial charge on any atom is -0.497 e. The van der Waals surface area contributed by atoms with Crippen LogP contribution in [0.3, 0.4) is 0 Å². The van der Waals surface area contributed by atoms with Gasteiger partial charge in [-0.3, -0.25) is 9.36 Å². The monoisotopic (exact) mass is 438 g/mol. The number of fused-ring (bicyclic) bond motifs is 3. The van der Waals surface area contributed by atoms with Gasteiger partial charge in [0.1, 0.15) is 17.3 Å². The average Bonchev–Trinajstić information content (AvgIpc) is 3.22. The predicted octanol–water partition coefficient (Wildman–Crippen LogP) is 2.27. The first-order valence-corrected chi connectivity index (χ1v) is 9.69. The Kier molecular flexibility index (Phi) is 5.43. The summed E-state index contributed by atoms with van der Waals surface area (Å²) in [5.41, 5.74) is 0.617. The molecule has 0 aliphatic heterocycles. The van der Waals surface area contributed by atoms with Gasteiger partial charge < -0.3 is 18.9 Å². The number of aryl methyl sites for hydroxylation is 1. The molecule has 32 heavy (non-hydrogen) atoms. The second kappa shape index (κ2) is 8.22. The molecule has 2 heterocycles. The molecule has 2 aromatic heterocycles. The van der Waals surface area contributed by atoms with Crippen molar-refractivity contribution in [3.63, 3.8) is 0 Å². The average molecular weight is 438 g/mol. The minimum atomic E-state index is -0.504. The Morgan fingerprint density at radius 1 is 0.938 bits per heavy atom. The van der Waals surface area contributed by atoms with E-state index in [1.807, 2.05) is 0 Å². The van der Waals surface area contributed by atoms with Crippen molar-refractivity contribution in [1.82, 2.24) is 19.2 Å². The molecule has 166 valence electrons. The third-order valence-corrected chi connectivity index (χ3v) is 5.17. The van der Waals surface area contributed by atoms with Crippen molar-refractivity contribution in [2.45, 2.75) is 13.5 Å².